The fourth-order valence-corrected chi connectivity index (χ4v) is 4.27. The summed E-state index contributed by atoms with van der Waals surface area (Å²) in [4.78, 5) is 19.7. The number of hydrogen-bond acceptors (Lipinski definition) is 7. The second-order valence-corrected chi connectivity index (χ2v) is 7.08. The number of aromatic nitrogens is 2. The van der Waals surface area contributed by atoms with Crippen LogP contribution < -0.4 is 5.32 Å². The van der Waals surface area contributed by atoms with E-state index in [-0.39, 0.29) is 5.69 Å². The van der Waals surface area contributed by atoms with E-state index in [0.717, 1.165) is 25.6 Å². The van der Waals surface area contributed by atoms with Crippen LogP contribution >= 0.6 is 22.7 Å². The summed E-state index contributed by atoms with van der Waals surface area (Å²) in [5, 5.41) is 15.7. The minimum Gasteiger partial charge on any atom is -0.307 e. The maximum Gasteiger partial charge on any atom is 0.296 e. The third-order valence-electron chi connectivity index (χ3n) is 3.32. The standard InChI is InChI=1S/C15H10N4O2S2/c1-8-6-10(19(20)21)13-12(7-8)23-15(17-13)18-14-16-9-4-2-3-5-11(9)22-14/h2-7H,1H3,(H,16,17,18). The van der Waals surface area contributed by atoms with Crippen molar-refractivity contribution in [2.45, 2.75) is 6.92 Å². The average Bonchev–Trinajstić information content (AvgIpc) is 3.08. The van der Waals surface area contributed by atoms with Gasteiger partial charge in [0, 0.05) is 6.07 Å². The number of thiazole rings is 2. The lowest BCUT2D eigenvalue weighted by atomic mass is 10.2. The maximum atomic E-state index is 11.2. The molecule has 0 saturated carbocycles. The molecule has 0 spiro atoms. The van der Waals surface area contributed by atoms with Crippen molar-refractivity contribution >= 4 is 59.1 Å². The van der Waals surface area contributed by atoms with Crippen LogP contribution in [0.5, 0.6) is 0 Å². The largest absolute Gasteiger partial charge is 0.307 e. The topological polar surface area (TPSA) is 81.0 Å². The van der Waals surface area contributed by atoms with Crippen LogP contribution in [-0.2, 0) is 0 Å². The highest BCUT2D eigenvalue weighted by Gasteiger charge is 2.18. The van der Waals surface area contributed by atoms with Crippen LogP contribution in [0.3, 0.4) is 0 Å². The second-order valence-electron chi connectivity index (χ2n) is 5.02. The number of nitrogens with one attached hydrogen (secondary N) is 1. The molecule has 0 unspecified atom stereocenters. The zero-order valence-electron chi connectivity index (χ0n) is 11.9. The van der Waals surface area contributed by atoms with Gasteiger partial charge < -0.3 is 5.32 Å². The Balaban J connectivity index is 1.77. The minimum atomic E-state index is -0.392. The van der Waals surface area contributed by atoms with Crippen LogP contribution in [0, 0.1) is 17.0 Å². The first-order chi connectivity index (χ1) is 11.1. The molecule has 6 nitrogen and oxygen atoms in total. The Hall–Kier alpha value is -2.58. The molecule has 0 bridgehead atoms. The average molecular weight is 342 g/mol. The predicted molar refractivity (Wildman–Crippen MR) is 93.9 cm³/mol. The van der Waals surface area contributed by atoms with E-state index in [1.165, 1.54) is 22.7 Å². The lowest BCUT2D eigenvalue weighted by Crippen LogP contribution is -1.91. The van der Waals surface area contributed by atoms with Crippen molar-refractivity contribution in [2.24, 2.45) is 0 Å². The number of non-ortho nitro benzene ring substituents is 1. The number of nitro groups is 1. The van der Waals surface area contributed by atoms with Gasteiger partial charge in [0.2, 0.25) is 0 Å². The van der Waals surface area contributed by atoms with Gasteiger partial charge in [-0.15, -0.1) is 0 Å². The summed E-state index contributed by atoms with van der Waals surface area (Å²) in [7, 11) is 0. The van der Waals surface area contributed by atoms with E-state index < -0.39 is 4.92 Å². The summed E-state index contributed by atoms with van der Waals surface area (Å²) in [6.07, 6.45) is 0. The Labute approximate surface area is 138 Å². The SMILES string of the molecule is Cc1cc([N+](=O)[O-])c2nc(Nc3nc4ccccc4s3)sc2c1. The quantitative estimate of drug-likeness (QED) is 0.424. The molecule has 2 aromatic heterocycles. The summed E-state index contributed by atoms with van der Waals surface area (Å²) < 4.78 is 1.87. The van der Waals surface area contributed by atoms with Crippen LogP contribution in [0.1, 0.15) is 5.56 Å². The Morgan fingerprint density at radius 3 is 2.61 bits per heavy atom. The molecule has 23 heavy (non-hydrogen) atoms. The Morgan fingerprint density at radius 2 is 1.83 bits per heavy atom. The third kappa shape index (κ3) is 2.51. The smallest absolute Gasteiger partial charge is 0.296 e. The number of benzene rings is 2. The fraction of sp³-hybridized carbons (Fsp3) is 0.0667. The number of aryl methyl sites for hydroxylation is 1. The van der Waals surface area contributed by atoms with E-state index in [9.17, 15) is 10.1 Å². The van der Waals surface area contributed by atoms with E-state index in [4.69, 9.17) is 0 Å². The van der Waals surface area contributed by atoms with E-state index >= 15 is 0 Å². The number of rotatable bonds is 3. The normalized spacial score (nSPS) is 11.2. The molecule has 8 heteroatoms. The maximum absolute atomic E-state index is 11.2. The van der Waals surface area contributed by atoms with Gasteiger partial charge in [-0.25, -0.2) is 9.97 Å². The fourth-order valence-electron chi connectivity index (χ4n) is 2.36. The highest BCUT2D eigenvalue weighted by atomic mass is 32.1. The number of nitro benzene ring substituents is 1. The Morgan fingerprint density at radius 1 is 1.09 bits per heavy atom. The van der Waals surface area contributed by atoms with Crippen molar-refractivity contribution in [1.29, 1.82) is 0 Å². The number of para-hydroxylation sites is 1. The summed E-state index contributed by atoms with van der Waals surface area (Å²) in [5.41, 5.74) is 2.21. The zero-order chi connectivity index (χ0) is 16.0. The van der Waals surface area contributed by atoms with Crippen LogP contribution in [0.15, 0.2) is 36.4 Å². The summed E-state index contributed by atoms with van der Waals surface area (Å²) in [5.74, 6) is 0. The molecule has 0 atom stereocenters. The van der Waals surface area contributed by atoms with E-state index in [1.54, 1.807) is 6.07 Å². The third-order valence-corrected chi connectivity index (χ3v) is 5.19. The van der Waals surface area contributed by atoms with Gasteiger partial charge >= 0.3 is 0 Å². The monoisotopic (exact) mass is 342 g/mol. The lowest BCUT2D eigenvalue weighted by molar-refractivity contribution is -0.383. The van der Waals surface area contributed by atoms with Gasteiger partial charge in [-0.1, -0.05) is 34.8 Å². The van der Waals surface area contributed by atoms with E-state index in [0.29, 0.717) is 10.6 Å². The molecular formula is C15H10N4O2S2. The van der Waals surface area contributed by atoms with Crippen molar-refractivity contribution in [3.8, 4) is 0 Å². The molecule has 1 N–H and O–H groups in total. The van der Waals surface area contributed by atoms with Crippen molar-refractivity contribution in [3.05, 3.63) is 52.1 Å². The van der Waals surface area contributed by atoms with E-state index in [2.05, 4.69) is 15.3 Å². The van der Waals surface area contributed by atoms with Gasteiger partial charge in [-0.05, 0) is 30.7 Å². The number of fused-ring (bicyclic) bond motifs is 2. The first-order valence-electron chi connectivity index (χ1n) is 6.78. The van der Waals surface area contributed by atoms with Gasteiger partial charge in [0.25, 0.3) is 5.69 Å². The molecular weight excluding hydrogens is 332 g/mol. The molecule has 0 fully saturated rings. The van der Waals surface area contributed by atoms with Crippen LogP contribution in [0.25, 0.3) is 20.4 Å². The molecule has 4 rings (SSSR count). The van der Waals surface area contributed by atoms with Gasteiger partial charge in [-0.2, -0.15) is 0 Å². The van der Waals surface area contributed by atoms with Crippen molar-refractivity contribution in [1.82, 2.24) is 9.97 Å². The number of anilines is 2. The predicted octanol–water partition coefficient (Wildman–Crippen LogP) is 4.87. The van der Waals surface area contributed by atoms with Crippen LogP contribution in [0.4, 0.5) is 16.0 Å². The molecule has 2 heterocycles. The zero-order valence-corrected chi connectivity index (χ0v) is 13.6. The van der Waals surface area contributed by atoms with Crippen molar-refractivity contribution in [2.75, 3.05) is 5.32 Å². The Kier molecular flexibility index (Phi) is 3.21. The van der Waals surface area contributed by atoms with Gasteiger partial charge in [0.15, 0.2) is 15.8 Å². The molecule has 0 radical (unpaired) electrons. The molecule has 0 amide bonds. The van der Waals surface area contributed by atoms with Gasteiger partial charge in [0.05, 0.1) is 19.8 Å². The minimum absolute atomic E-state index is 0.0357. The molecule has 0 aliphatic rings. The molecule has 0 aliphatic heterocycles. The second kappa shape index (κ2) is 5.25. The van der Waals surface area contributed by atoms with E-state index in [1.807, 2.05) is 37.3 Å². The number of nitrogens with zero attached hydrogens (tertiary/aromatic N) is 3. The highest BCUT2D eigenvalue weighted by molar-refractivity contribution is 7.24. The summed E-state index contributed by atoms with van der Waals surface area (Å²) in [6.45, 7) is 1.84. The molecule has 4 aromatic rings. The highest BCUT2D eigenvalue weighted by Crippen LogP contribution is 2.36. The Bertz CT molecular complexity index is 1020. The van der Waals surface area contributed by atoms with Crippen LogP contribution in [0.2, 0.25) is 0 Å². The molecule has 0 saturated heterocycles. The molecule has 114 valence electrons. The van der Waals surface area contributed by atoms with Gasteiger partial charge in [0.1, 0.15) is 0 Å². The van der Waals surface area contributed by atoms with Gasteiger partial charge in [-0.3, -0.25) is 10.1 Å². The lowest BCUT2D eigenvalue weighted by Gasteiger charge is -1.94. The first-order valence-corrected chi connectivity index (χ1v) is 8.41. The first kappa shape index (κ1) is 14.0. The summed E-state index contributed by atoms with van der Waals surface area (Å²) in [6, 6.07) is 11.3. The summed E-state index contributed by atoms with van der Waals surface area (Å²) >= 11 is 2.91. The van der Waals surface area contributed by atoms with Crippen molar-refractivity contribution in [3.63, 3.8) is 0 Å². The molecule has 2 aromatic carbocycles. The van der Waals surface area contributed by atoms with Crippen LogP contribution in [-0.4, -0.2) is 14.9 Å². The number of hydrogen-bond donors (Lipinski definition) is 1. The van der Waals surface area contributed by atoms with Crippen molar-refractivity contribution < 1.29 is 4.92 Å². The molecule has 0 aliphatic carbocycles.